The minimum Gasteiger partial charge on any atom is -0.377 e. The lowest BCUT2D eigenvalue weighted by Crippen LogP contribution is -2.43. The van der Waals surface area contributed by atoms with Gasteiger partial charge in [-0.1, -0.05) is 0 Å². The molecule has 0 bridgehead atoms. The van der Waals surface area contributed by atoms with Gasteiger partial charge in [0.25, 0.3) is 0 Å². The molecule has 9 nitrogen and oxygen atoms in total. The second-order valence-corrected chi connectivity index (χ2v) is 9.08. The number of nitrogens with one attached hydrogen (secondary N) is 1. The first kappa shape index (κ1) is 18.1. The number of pyridine rings is 1. The highest BCUT2D eigenvalue weighted by molar-refractivity contribution is 7.89. The minimum atomic E-state index is -3.51. The number of nitrogens with zero attached hydrogens (tertiary/aromatic N) is 5. The summed E-state index contributed by atoms with van der Waals surface area (Å²) in [6.45, 7) is 4.04. The molecule has 1 aliphatic heterocycles. The van der Waals surface area contributed by atoms with Crippen LogP contribution in [0.3, 0.4) is 0 Å². The van der Waals surface area contributed by atoms with Crippen LogP contribution in [0.2, 0.25) is 0 Å². The van der Waals surface area contributed by atoms with E-state index in [1.807, 2.05) is 12.1 Å². The van der Waals surface area contributed by atoms with Crippen LogP contribution in [-0.4, -0.2) is 64.4 Å². The summed E-state index contributed by atoms with van der Waals surface area (Å²) in [6, 6.07) is 5.83. The van der Waals surface area contributed by atoms with E-state index in [4.69, 9.17) is 9.72 Å². The van der Waals surface area contributed by atoms with Crippen LogP contribution >= 0.6 is 0 Å². The summed E-state index contributed by atoms with van der Waals surface area (Å²) >= 11 is 0. The maximum Gasteiger partial charge on any atom is 0.237 e. The molecular weight excluding hydrogens is 392 g/mol. The third-order valence-electron chi connectivity index (χ3n) is 5.23. The lowest BCUT2D eigenvalue weighted by molar-refractivity contribution is 0.0991. The Labute approximate surface area is 167 Å². The van der Waals surface area contributed by atoms with Crippen molar-refractivity contribution in [2.45, 2.75) is 13.0 Å². The Morgan fingerprint density at radius 1 is 1.24 bits per heavy atom. The predicted octanol–water partition coefficient (Wildman–Crippen LogP) is 2.01. The van der Waals surface area contributed by atoms with Crippen LogP contribution in [0.25, 0.3) is 33.5 Å². The van der Waals surface area contributed by atoms with Crippen molar-refractivity contribution < 1.29 is 13.2 Å². The topological polar surface area (TPSA) is 106 Å². The highest BCUT2D eigenvalue weighted by Crippen LogP contribution is 2.35. The molecule has 1 saturated heterocycles. The van der Waals surface area contributed by atoms with Gasteiger partial charge in [-0.3, -0.25) is 0 Å². The molecule has 0 spiro atoms. The number of aromatic nitrogens is 5. The first-order valence-corrected chi connectivity index (χ1v) is 11.1. The van der Waals surface area contributed by atoms with Crippen molar-refractivity contribution in [3.05, 3.63) is 36.9 Å². The van der Waals surface area contributed by atoms with E-state index < -0.39 is 10.0 Å². The zero-order chi connectivity index (χ0) is 20.2. The Morgan fingerprint density at radius 3 is 2.90 bits per heavy atom. The fraction of sp³-hybridized carbons (Fsp3) is 0.316. The maximum absolute atomic E-state index is 12.3. The van der Waals surface area contributed by atoms with Crippen LogP contribution in [0.1, 0.15) is 6.92 Å². The van der Waals surface area contributed by atoms with Crippen molar-refractivity contribution in [3.8, 4) is 11.4 Å². The molecule has 0 amide bonds. The van der Waals surface area contributed by atoms with Gasteiger partial charge in [-0.15, -0.1) is 0 Å². The van der Waals surface area contributed by atoms with Gasteiger partial charge in [0, 0.05) is 35.8 Å². The fourth-order valence-corrected chi connectivity index (χ4v) is 4.59. The first-order valence-electron chi connectivity index (χ1n) is 9.29. The Bertz CT molecular complexity index is 1330. The molecular formula is C19H20N6O3S. The zero-order valence-electron chi connectivity index (χ0n) is 16.0. The van der Waals surface area contributed by atoms with Crippen molar-refractivity contribution in [2.75, 3.05) is 30.9 Å². The lowest BCUT2D eigenvalue weighted by atomic mass is 10.1. The Hall–Kier alpha value is -2.98. The molecule has 5 heterocycles. The predicted molar refractivity (Wildman–Crippen MR) is 110 cm³/mol. The standard InChI is InChI=1S/C19H20N6O3S/c1-12-10-28-8-7-24(12)16-9-15(17-14-3-5-20-18(14)22-11-21-17)23-19-13(16)4-6-25(19)29(2,26)27/h3-6,9,11-12H,7-8,10H2,1-2H3,(H,20,21,22)/t12-/m1/s1. The van der Waals surface area contributed by atoms with Crippen molar-refractivity contribution >= 4 is 37.8 Å². The number of hydrogen-bond donors (Lipinski definition) is 1. The van der Waals surface area contributed by atoms with Gasteiger partial charge in [0.2, 0.25) is 10.0 Å². The van der Waals surface area contributed by atoms with E-state index in [-0.39, 0.29) is 6.04 Å². The van der Waals surface area contributed by atoms with Crippen LogP contribution in [0.15, 0.2) is 36.9 Å². The second kappa shape index (κ2) is 6.53. The summed E-state index contributed by atoms with van der Waals surface area (Å²) < 4.78 is 31.5. The summed E-state index contributed by atoms with van der Waals surface area (Å²) in [5, 5.41) is 1.62. The number of aromatic amines is 1. The Balaban J connectivity index is 1.82. The molecule has 1 N–H and O–H groups in total. The number of rotatable bonds is 3. The molecule has 0 unspecified atom stereocenters. The Morgan fingerprint density at radius 2 is 2.10 bits per heavy atom. The van der Waals surface area contributed by atoms with Crippen molar-refractivity contribution in [1.29, 1.82) is 0 Å². The molecule has 1 aliphatic rings. The second-order valence-electron chi connectivity index (χ2n) is 7.22. The molecule has 0 aliphatic carbocycles. The van der Waals surface area contributed by atoms with Gasteiger partial charge in [0.1, 0.15) is 17.7 Å². The van der Waals surface area contributed by atoms with Gasteiger partial charge in [-0.2, -0.15) is 0 Å². The summed E-state index contributed by atoms with van der Waals surface area (Å²) in [7, 11) is -3.51. The fourth-order valence-electron chi connectivity index (χ4n) is 3.86. The van der Waals surface area contributed by atoms with E-state index in [9.17, 15) is 8.42 Å². The lowest BCUT2D eigenvalue weighted by Gasteiger charge is -2.35. The highest BCUT2D eigenvalue weighted by Gasteiger charge is 2.25. The van der Waals surface area contributed by atoms with E-state index >= 15 is 0 Å². The third kappa shape index (κ3) is 2.95. The zero-order valence-corrected chi connectivity index (χ0v) is 16.8. The molecule has 150 valence electrons. The van der Waals surface area contributed by atoms with E-state index in [2.05, 4.69) is 26.8 Å². The van der Waals surface area contributed by atoms with Gasteiger partial charge in [0.05, 0.1) is 30.9 Å². The number of morpholine rings is 1. The molecule has 1 atom stereocenters. The molecule has 4 aromatic heterocycles. The number of anilines is 1. The van der Waals surface area contributed by atoms with Gasteiger partial charge >= 0.3 is 0 Å². The van der Waals surface area contributed by atoms with Crippen molar-refractivity contribution in [3.63, 3.8) is 0 Å². The maximum atomic E-state index is 12.3. The number of ether oxygens (including phenoxy) is 1. The molecule has 5 rings (SSSR count). The van der Waals surface area contributed by atoms with Gasteiger partial charge in [-0.25, -0.2) is 27.3 Å². The number of hydrogen-bond acceptors (Lipinski definition) is 7. The summed E-state index contributed by atoms with van der Waals surface area (Å²) in [5.41, 5.74) is 3.27. The van der Waals surface area contributed by atoms with Crippen LogP contribution in [0.4, 0.5) is 5.69 Å². The largest absolute Gasteiger partial charge is 0.377 e. The molecule has 0 saturated carbocycles. The first-order chi connectivity index (χ1) is 13.9. The van der Waals surface area contributed by atoms with E-state index in [0.29, 0.717) is 42.4 Å². The average Bonchev–Trinajstić information content (AvgIpc) is 3.34. The SMILES string of the molecule is C[C@@H]1COCCN1c1cc(-c2ncnc3[nH]ccc23)nc2c1ccn2S(C)(=O)=O. The molecule has 10 heteroatoms. The number of fused-ring (bicyclic) bond motifs is 2. The van der Waals surface area contributed by atoms with Crippen LogP contribution in [-0.2, 0) is 14.8 Å². The van der Waals surface area contributed by atoms with E-state index in [1.54, 1.807) is 18.5 Å². The van der Waals surface area contributed by atoms with E-state index in [1.165, 1.54) is 16.6 Å². The Kier molecular flexibility index (Phi) is 4.07. The highest BCUT2D eigenvalue weighted by atomic mass is 32.2. The monoisotopic (exact) mass is 412 g/mol. The third-order valence-corrected chi connectivity index (χ3v) is 6.24. The van der Waals surface area contributed by atoms with Crippen LogP contribution in [0.5, 0.6) is 0 Å². The molecule has 1 fully saturated rings. The molecule has 29 heavy (non-hydrogen) atoms. The van der Waals surface area contributed by atoms with Gasteiger partial charge < -0.3 is 14.6 Å². The summed E-state index contributed by atoms with van der Waals surface area (Å²) in [6.07, 6.45) is 6.00. The number of H-pyrrole nitrogens is 1. The minimum absolute atomic E-state index is 0.154. The summed E-state index contributed by atoms with van der Waals surface area (Å²) in [5.74, 6) is 0. The van der Waals surface area contributed by atoms with Gasteiger partial charge in [0.15, 0.2) is 5.65 Å². The van der Waals surface area contributed by atoms with Crippen molar-refractivity contribution in [2.24, 2.45) is 0 Å². The van der Waals surface area contributed by atoms with Gasteiger partial charge in [-0.05, 0) is 25.1 Å². The smallest absolute Gasteiger partial charge is 0.237 e. The summed E-state index contributed by atoms with van der Waals surface area (Å²) in [4.78, 5) is 18.7. The molecule has 4 aromatic rings. The molecule has 0 aromatic carbocycles. The van der Waals surface area contributed by atoms with Crippen LogP contribution in [0, 0.1) is 0 Å². The van der Waals surface area contributed by atoms with Crippen molar-refractivity contribution in [1.82, 2.24) is 23.9 Å². The average molecular weight is 412 g/mol. The normalized spacial score (nSPS) is 18.0. The quantitative estimate of drug-likeness (QED) is 0.549. The van der Waals surface area contributed by atoms with Crippen LogP contribution < -0.4 is 4.90 Å². The molecule has 0 radical (unpaired) electrons. The van der Waals surface area contributed by atoms with E-state index in [0.717, 1.165) is 16.5 Å².